The van der Waals surface area contributed by atoms with Crippen molar-refractivity contribution in [2.24, 2.45) is 4.99 Å². The van der Waals surface area contributed by atoms with Crippen LogP contribution in [0.2, 0.25) is 0 Å². The van der Waals surface area contributed by atoms with Gasteiger partial charge < -0.3 is 4.90 Å². The molecule has 0 amide bonds. The molecular formula is C13H24N2. The SMILES string of the molecule is CCC[C@H](CCCC1=CC1)N(C)/C=N\C. The second kappa shape index (κ2) is 6.65. The molecule has 0 radical (unpaired) electrons. The van der Waals surface area contributed by atoms with Gasteiger partial charge >= 0.3 is 0 Å². The Bertz CT molecular complexity index is 231. The summed E-state index contributed by atoms with van der Waals surface area (Å²) >= 11 is 0. The van der Waals surface area contributed by atoms with Crippen LogP contribution in [-0.2, 0) is 0 Å². The van der Waals surface area contributed by atoms with Gasteiger partial charge in [0.2, 0.25) is 0 Å². The van der Waals surface area contributed by atoms with Crippen LogP contribution in [0.15, 0.2) is 16.6 Å². The van der Waals surface area contributed by atoms with E-state index >= 15 is 0 Å². The molecule has 0 unspecified atom stereocenters. The lowest BCUT2D eigenvalue weighted by molar-refractivity contribution is 0.325. The monoisotopic (exact) mass is 208 g/mol. The predicted octanol–water partition coefficient (Wildman–Crippen LogP) is 3.25. The van der Waals surface area contributed by atoms with Crippen LogP contribution in [0.3, 0.4) is 0 Å². The molecule has 0 heterocycles. The van der Waals surface area contributed by atoms with E-state index in [-0.39, 0.29) is 0 Å². The summed E-state index contributed by atoms with van der Waals surface area (Å²) in [5.41, 5.74) is 1.66. The number of hydrogen-bond donors (Lipinski definition) is 0. The first-order chi connectivity index (χ1) is 7.27. The van der Waals surface area contributed by atoms with Crippen molar-refractivity contribution < 1.29 is 0 Å². The van der Waals surface area contributed by atoms with Crippen molar-refractivity contribution in [2.45, 2.75) is 51.5 Å². The average molecular weight is 208 g/mol. The maximum Gasteiger partial charge on any atom is 0.0846 e. The third kappa shape index (κ3) is 5.01. The highest BCUT2D eigenvalue weighted by molar-refractivity contribution is 5.54. The smallest absolute Gasteiger partial charge is 0.0846 e. The molecule has 0 saturated carbocycles. The van der Waals surface area contributed by atoms with E-state index in [2.05, 4.69) is 29.9 Å². The molecule has 0 aromatic carbocycles. The first-order valence-corrected chi connectivity index (χ1v) is 6.10. The fourth-order valence-electron chi connectivity index (χ4n) is 2.00. The zero-order valence-electron chi connectivity index (χ0n) is 10.4. The van der Waals surface area contributed by atoms with Crippen LogP contribution >= 0.6 is 0 Å². The fraction of sp³-hybridized carbons (Fsp3) is 0.769. The van der Waals surface area contributed by atoms with Crippen LogP contribution in [0.5, 0.6) is 0 Å². The Balaban J connectivity index is 2.23. The molecule has 0 spiro atoms. The molecule has 86 valence electrons. The topological polar surface area (TPSA) is 15.6 Å². The Morgan fingerprint density at radius 3 is 2.80 bits per heavy atom. The lowest BCUT2D eigenvalue weighted by Gasteiger charge is -2.25. The van der Waals surface area contributed by atoms with E-state index in [1.807, 2.05) is 13.4 Å². The molecular weight excluding hydrogens is 184 g/mol. The number of hydrogen-bond acceptors (Lipinski definition) is 1. The minimum Gasteiger partial charge on any atom is -0.363 e. The molecule has 15 heavy (non-hydrogen) atoms. The summed E-state index contributed by atoms with van der Waals surface area (Å²) in [7, 11) is 3.98. The standard InChI is InChI=1S/C13H24N2/c1-4-6-13(15(3)11-14-2)8-5-7-12-9-10-12/h9,11,13H,4-8,10H2,1-3H3/b14-11-/t13-/m1/s1. The normalized spacial score (nSPS) is 16.6. The summed E-state index contributed by atoms with van der Waals surface area (Å²) in [6.45, 7) is 2.26. The van der Waals surface area contributed by atoms with Crippen LogP contribution < -0.4 is 0 Å². The molecule has 0 aromatic rings. The molecule has 2 heteroatoms. The Hall–Kier alpha value is -0.790. The lowest BCUT2D eigenvalue weighted by Crippen LogP contribution is -2.30. The Morgan fingerprint density at radius 2 is 2.27 bits per heavy atom. The zero-order valence-corrected chi connectivity index (χ0v) is 10.4. The molecule has 2 nitrogen and oxygen atoms in total. The maximum absolute atomic E-state index is 4.08. The molecule has 1 atom stereocenters. The summed E-state index contributed by atoms with van der Waals surface area (Å²) in [4.78, 5) is 6.35. The van der Waals surface area contributed by atoms with E-state index in [9.17, 15) is 0 Å². The van der Waals surface area contributed by atoms with Gasteiger partial charge in [-0.05, 0) is 32.1 Å². The minimum atomic E-state index is 0.679. The Kier molecular flexibility index (Phi) is 5.44. The molecule has 0 saturated heterocycles. The largest absolute Gasteiger partial charge is 0.363 e. The second-order valence-corrected chi connectivity index (χ2v) is 4.44. The van der Waals surface area contributed by atoms with Gasteiger partial charge in [-0.2, -0.15) is 0 Å². The van der Waals surface area contributed by atoms with E-state index in [0.717, 1.165) is 0 Å². The lowest BCUT2D eigenvalue weighted by atomic mass is 10.0. The summed E-state index contributed by atoms with van der Waals surface area (Å²) in [5, 5.41) is 0. The van der Waals surface area contributed by atoms with E-state index < -0.39 is 0 Å². The summed E-state index contributed by atoms with van der Waals surface area (Å²) < 4.78 is 0. The van der Waals surface area contributed by atoms with Crippen molar-refractivity contribution in [3.05, 3.63) is 11.6 Å². The summed E-state index contributed by atoms with van der Waals surface area (Å²) in [6.07, 6.45) is 12.1. The summed E-state index contributed by atoms with van der Waals surface area (Å²) in [6, 6.07) is 0.679. The highest BCUT2D eigenvalue weighted by atomic mass is 15.1. The predicted molar refractivity (Wildman–Crippen MR) is 67.4 cm³/mol. The molecule has 0 aromatic heterocycles. The van der Waals surface area contributed by atoms with Crippen molar-refractivity contribution in [3.8, 4) is 0 Å². The molecule has 0 fully saturated rings. The first-order valence-electron chi connectivity index (χ1n) is 6.10. The number of rotatable bonds is 8. The minimum absolute atomic E-state index is 0.679. The van der Waals surface area contributed by atoms with Gasteiger partial charge in [-0.3, -0.25) is 4.99 Å². The van der Waals surface area contributed by atoms with Gasteiger partial charge in [0.05, 0.1) is 6.34 Å². The van der Waals surface area contributed by atoms with E-state index in [4.69, 9.17) is 0 Å². The van der Waals surface area contributed by atoms with Crippen molar-refractivity contribution in [1.82, 2.24) is 4.90 Å². The maximum atomic E-state index is 4.08. The zero-order chi connectivity index (χ0) is 11.1. The molecule has 1 rings (SSSR count). The Morgan fingerprint density at radius 1 is 1.53 bits per heavy atom. The van der Waals surface area contributed by atoms with Gasteiger partial charge in [0, 0.05) is 20.1 Å². The highest BCUT2D eigenvalue weighted by Gasteiger charge is 2.13. The first kappa shape index (κ1) is 12.3. The molecule has 1 aliphatic rings. The van der Waals surface area contributed by atoms with Gasteiger partial charge in [-0.25, -0.2) is 0 Å². The van der Waals surface area contributed by atoms with E-state index in [0.29, 0.717) is 6.04 Å². The van der Waals surface area contributed by atoms with Crippen LogP contribution in [0.25, 0.3) is 0 Å². The molecule has 0 N–H and O–H groups in total. The molecule has 1 aliphatic carbocycles. The number of allylic oxidation sites excluding steroid dienone is 2. The third-order valence-electron chi connectivity index (χ3n) is 3.02. The van der Waals surface area contributed by atoms with Gasteiger partial charge in [0.15, 0.2) is 0 Å². The van der Waals surface area contributed by atoms with Gasteiger partial charge in [0.1, 0.15) is 0 Å². The van der Waals surface area contributed by atoms with Crippen LogP contribution in [0, 0.1) is 0 Å². The highest BCUT2D eigenvalue weighted by Crippen LogP contribution is 2.25. The fourth-order valence-corrected chi connectivity index (χ4v) is 2.00. The van der Waals surface area contributed by atoms with Crippen LogP contribution in [0.1, 0.15) is 45.4 Å². The van der Waals surface area contributed by atoms with Crippen molar-refractivity contribution in [2.75, 3.05) is 14.1 Å². The quantitative estimate of drug-likeness (QED) is 0.340. The van der Waals surface area contributed by atoms with Gasteiger partial charge in [0.25, 0.3) is 0 Å². The second-order valence-electron chi connectivity index (χ2n) is 4.44. The van der Waals surface area contributed by atoms with Gasteiger partial charge in [-0.1, -0.05) is 25.0 Å². The van der Waals surface area contributed by atoms with Crippen molar-refractivity contribution in [3.63, 3.8) is 0 Å². The van der Waals surface area contributed by atoms with Crippen molar-refractivity contribution >= 4 is 6.34 Å². The number of aliphatic imine (C=N–C) groups is 1. The average Bonchev–Trinajstić information content (AvgIpc) is 3.01. The van der Waals surface area contributed by atoms with Gasteiger partial charge in [-0.15, -0.1) is 0 Å². The molecule has 0 aliphatic heterocycles. The van der Waals surface area contributed by atoms with Crippen LogP contribution in [0.4, 0.5) is 0 Å². The number of nitrogens with zero attached hydrogens (tertiary/aromatic N) is 2. The van der Waals surface area contributed by atoms with E-state index in [1.165, 1.54) is 38.5 Å². The Labute approximate surface area is 94.1 Å². The summed E-state index contributed by atoms with van der Waals surface area (Å²) in [5.74, 6) is 0. The van der Waals surface area contributed by atoms with Crippen molar-refractivity contribution in [1.29, 1.82) is 0 Å². The van der Waals surface area contributed by atoms with E-state index in [1.54, 1.807) is 5.57 Å². The third-order valence-corrected chi connectivity index (χ3v) is 3.02. The molecule has 0 bridgehead atoms. The van der Waals surface area contributed by atoms with Crippen LogP contribution in [-0.4, -0.2) is 31.4 Å².